The molecule has 1 aliphatic rings. The molecule has 0 N–H and O–H groups in total. The van der Waals surface area contributed by atoms with Crippen LogP contribution >= 0.6 is 11.3 Å². The van der Waals surface area contributed by atoms with E-state index in [2.05, 4.69) is 58.1 Å². The van der Waals surface area contributed by atoms with E-state index in [0.717, 1.165) is 18.2 Å². The Balaban J connectivity index is 1.80. The zero-order chi connectivity index (χ0) is 16.0. The summed E-state index contributed by atoms with van der Waals surface area (Å²) in [6.07, 6.45) is 1.54. The van der Waals surface area contributed by atoms with E-state index in [1.54, 1.807) is 0 Å². The van der Waals surface area contributed by atoms with Crippen molar-refractivity contribution in [3.05, 3.63) is 52.4 Å². The van der Waals surface area contributed by atoms with Crippen molar-refractivity contribution in [2.75, 3.05) is 23.4 Å². The van der Waals surface area contributed by atoms with Gasteiger partial charge in [0, 0.05) is 44.1 Å². The van der Waals surface area contributed by atoms with Crippen molar-refractivity contribution in [2.45, 2.75) is 19.5 Å². The maximum absolute atomic E-state index is 11.9. The van der Waals surface area contributed by atoms with Crippen molar-refractivity contribution < 1.29 is 0 Å². The Morgan fingerprint density at radius 1 is 1.26 bits per heavy atom. The maximum Gasteiger partial charge on any atom is 0.275 e. The van der Waals surface area contributed by atoms with Gasteiger partial charge in [-0.25, -0.2) is 4.98 Å². The lowest BCUT2D eigenvalue weighted by Crippen LogP contribution is -2.38. The predicted molar refractivity (Wildman–Crippen MR) is 92.5 cm³/mol. The van der Waals surface area contributed by atoms with Gasteiger partial charge in [-0.15, -0.1) is 5.10 Å². The lowest BCUT2D eigenvalue weighted by Gasteiger charge is -2.27. The smallest absolute Gasteiger partial charge is 0.275 e. The third-order valence-corrected chi connectivity index (χ3v) is 5.18. The van der Waals surface area contributed by atoms with Crippen LogP contribution in [0, 0.1) is 0 Å². The Morgan fingerprint density at radius 2 is 2.09 bits per heavy atom. The van der Waals surface area contributed by atoms with Gasteiger partial charge in [0.05, 0.1) is 0 Å². The molecule has 3 heterocycles. The van der Waals surface area contributed by atoms with Crippen LogP contribution in [0.25, 0.3) is 4.96 Å². The number of fused-ring (bicyclic) bond motifs is 2. The van der Waals surface area contributed by atoms with Crippen molar-refractivity contribution in [3.8, 4) is 0 Å². The van der Waals surface area contributed by atoms with E-state index in [0.29, 0.717) is 4.96 Å². The van der Waals surface area contributed by atoms with E-state index in [1.165, 1.54) is 39.4 Å². The fraction of sp³-hybridized carbons (Fsp3) is 0.312. The molecule has 0 bridgehead atoms. The van der Waals surface area contributed by atoms with Gasteiger partial charge in [0.2, 0.25) is 10.1 Å². The van der Waals surface area contributed by atoms with Gasteiger partial charge in [0.15, 0.2) is 0 Å². The molecule has 4 rings (SSSR count). The summed E-state index contributed by atoms with van der Waals surface area (Å²) in [5, 5.41) is 5.33. The minimum absolute atomic E-state index is 0.141. The molecule has 0 spiro atoms. The van der Waals surface area contributed by atoms with Crippen LogP contribution in [-0.4, -0.2) is 34.2 Å². The van der Waals surface area contributed by atoms with Crippen LogP contribution in [0.5, 0.6) is 0 Å². The van der Waals surface area contributed by atoms with Crippen molar-refractivity contribution in [1.82, 2.24) is 14.6 Å². The van der Waals surface area contributed by atoms with Crippen LogP contribution in [0.4, 0.5) is 10.8 Å². The fourth-order valence-corrected chi connectivity index (χ4v) is 4.03. The van der Waals surface area contributed by atoms with Crippen LogP contribution in [-0.2, 0) is 6.54 Å². The number of anilines is 2. The molecule has 0 saturated heterocycles. The molecule has 0 amide bonds. The molecular weight excluding hydrogens is 310 g/mol. The second-order valence-corrected chi connectivity index (χ2v) is 6.78. The Hall–Kier alpha value is -2.41. The molecule has 2 aromatic heterocycles. The molecule has 0 saturated carbocycles. The van der Waals surface area contributed by atoms with Crippen LogP contribution in [0.3, 0.4) is 0 Å². The number of likely N-dealkylation sites (N-methyl/N-ethyl adjacent to an activating group) is 1. The molecule has 0 fully saturated rings. The number of benzene rings is 1. The highest BCUT2D eigenvalue weighted by Crippen LogP contribution is 2.31. The van der Waals surface area contributed by atoms with Gasteiger partial charge in [0.1, 0.15) is 0 Å². The Morgan fingerprint density at radius 3 is 2.91 bits per heavy atom. The van der Waals surface area contributed by atoms with E-state index in [1.807, 2.05) is 0 Å². The molecule has 23 heavy (non-hydrogen) atoms. The van der Waals surface area contributed by atoms with Gasteiger partial charge >= 0.3 is 0 Å². The molecule has 1 atom stereocenters. The highest BCUT2D eigenvalue weighted by molar-refractivity contribution is 7.20. The summed E-state index contributed by atoms with van der Waals surface area (Å²) in [6, 6.07) is 10.1. The van der Waals surface area contributed by atoms with Crippen molar-refractivity contribution in [1.29, 1.82) is 0 Å². The molecule has 1 unspecified atom stereocenters. The summed E-state index contributed by atoms with van der Waals surface area (Å²) in [6.45, 7) is 3.86. The first-order valence-corrected chi connectivity index (χ1v) is 8.36. The summed E-state index contributed by atoms with van der Waals surface area (Å²) in [5.74, 6) is 0. The largest absolute Gasteiger partial charge is 0.372 e. The third kappa shape index (κ3) is 2.37. The highest BCUT2D eigenvalue weighted by atomic mass is 32.1. The molecule has 1 aliphatic heterocycles. The monoisotopic (exact) mass is 327 g/mol. The minimum atomic E-state index is -0.141. The Labute approximate surface area is 137 Å². The van der Waals surface area contributed by atoms with Crippen LogP contribution < -0.4 is 15.4 Å². The third-order valence-electron chi connectivity index (χ3n) is 4.22. The van der Waals surface area contributed by atoms with E-state index < -0.39 is 0 Å². The van der Waals surface area contributed by atoms with E-state index >= 15 is 0 Å². The van der Waals surface area contributed by atoms with Crippen molar-refractivity contribution >= 4 is 27.1 Å². The first kappa shape index (κ1) is 14.2. The second kappa shape index (κ2) is 5.34. The van der Waals surface area contributed by atoms with Crippen LogP contribution in [0.2, 0.25) is 0 Å². The normalized spacial score (nSPS) is 18.1. The van der Waals surface area contributed by atoms with Crippen molar-refractivity contribution in [3.63, 3.8) is 0 Å². The predicted octanol–water partition coefficient (Wildman–Crippen LogP) is 2.00. The number of aromatic nitrogens is 3. The van der Waals surface area contributed by atoms with Gasteiger partial charge in [-0.3, -0.25) is 4.79 Å². The molecule has 0 aliphatic carbocycles. The van der Waals surface area contributed by atoms with Gasteiger partial charge in [-0.2, -0.15) is 4.52 Å². The number of nitrogens with zero attached hydrogens (tertiary/aromatic N) is 5. The van der Waals surface area contributed by atoms with Gasteiger partial charge < -0.3 is 9.80 Å². The van der Waals surface area contributed by atoms with Gasteiger partial charge in [-0.05, 0) is 18.6 Å². The standard InChI is InChI=1S/C16H17N5OS/c1-11-9-19(2)13-6-4-3-5-12(13)10-20(11)16-18-21-14(22)7-8-17-15(21)23-16/h3-8,11H,9-10H2,1-2H3. The molecule has 0 radical (unpaired) electrons. The molecule has 1 aromatic carbocycles. The zero-order valence-corrected chi connectivity index (χ0v) is 13.8. The van der Waals surface area contributed by atoms with E-state index in [-0.39, 0.29) is 11.6 Å². The Kier molecular flexibility index (Phi) is 3.30. The number of para-hydroxylation sites is 1. The second-order valence-electron chi connectivity index (χ2n) is 5.85. The SMILES string of the molecule is CC1CN(C)c2ccccc2CN1c1nn2c(=O)ccnc2s1. The van der Waals surface area contributed by atoms with Crippen molar-refractivity contribution in [2.24, 2.45) is 0 Å². The lowest BCUT2D eigenvalue weighted by molar-refractivity contribution is 0.636. The summed E-state index contributed by atoms with van der Waals surface area (Å²) in [4.78, 5) is 21.3. The summed E-state index contributed by atoms with van der Waals surface area (Å²) < 4.78 is 1.38. The van der Waals surface area contributed by atoms with Crippen LogP contribution in [0.1, 0.15) is 12.5 Å². The van der Waals surface area contributed by atoms with Gasteiger partial charge in [-0.1, -0.05) is 29.5 Å². The molecular formula is C16H17N5OS. The van der Waals surface area contributed by atoms with E-state index in [9.17, 15) is 4.79 Å². The first-order valence-electron chi connectivity index (χ1n) is 7.54. The summed E-state index contributed by atoms with van der Waals surface area (Å²) in [5.41, 5.74) is 2.37. The summed E-state index contributed by atoms with van der Waals surface area (Å²) >= 11 is 1.46. The van der Waals surface area contributed by atoms with Crippen LogP contribution in [0.15, 0.2) is 41.3 Å². The maximum atomic E-state index is 11.9. The number of rotatable bonds is 1. The lowest BCUT2D eigenvalue weighted by atomic mass is 10.1. The number of hydrogen-bond acceptors (Lipinski definition) is 6. The minimum Gasteiger partial charge on any atom is -0.372 e. The molecule has 6 nitrogen and oxygen atoms in total. The highest BCUT2D eigenvalue weighted by Gasteiger charge is 2.26. The average molecular weight is 327 g/mol. The number of hydrogen-bond donors (Lipinski definition) is 0. The van der Waals surface area contributed by atoms with Gasteiger partial charge in [0.25, 0.3) is 5.56 Å². The van der Waals surface area contributed by atoms with E-state index in [4.69, 9.17) is 0 Å². The zero-order valence-electron chi connectivity index (χ0n) is 13.0. The first-order chi connectivity index (χ1) is 11.1. The molecule has 7 heteroatoms. The summed E-state index contributed by atoms with van der Waals surface area (Å²) in [7, 11) is 2.11. The Bertz CT molecular complexity index is 918. The quantitative estimate of drug-likeness (QED) is 0.684. The fourth-order valence-electron chi connectivity index (χ4n) is 3.06. The molecule has 118 valence electrons. The molecule has 3 aromatic rings. The average Bonchev–Trinajstić information content (AvgIpc) is 2.92. The topological polar surface area (TPSA) is 53.7 Å².